The maximum absolute atomic E-state index is 12.9. The van der Waals surface area contributed by atoms with Gasteiger partial charge in [-0.2, -0.15) is 8.78 Å². The molecule has 2 unspecified atom stereocenters. The van der Waals surface area contributed by atoms with E-state index in [1.54, 1.807) is 12.1 Å². The number of halogens is 4. The Morgan fingerprint density at radius 1 is 1.15 bits per heavy atom. The average Bonchev–Trinajstić information content (AvgIpc) is 3.44. The summed E-state index contributed by atoms with van der Waals surface area (Å²) in [5.41, 5.74) is 1.12. The van der Waals surface area contributed by atoms with E-state index in [-0.39, 0.29) is 17.9 Å². The van der Waals surface area contributed by atoms with Crippen molar-refractivity contribution in [3.05, 3.63) is 51.8 Å². The summed E-state index contributed by atoms with van der Waals surface area (Å²) in [5, 5.41) is 3.79. The number of alkyl halides is 2. The number of carbonyl (C=O) groups excluding carboxylic acids is 1. The summed E-state index contributed by atoms with van der Waals surface area (Å²) >= 11 is 12.6. The molecule has 33 heavy (non-hydrogen) atoms. The minimum atomic E-state index is -2.99. The van der Waals surface area contributed by atoms with E-state index in [2.05, 4.69) is 15.0 Å². The molecule has 2 heterocycles. The van der Waals surface area contributed by atoms with Gasteiger partial charge in [-0.05, 0) is 61.4 Å². The number of nitrogens with zero attached hydrogens (tertiary/aromatic N) is 1. The molecule has 0 radical (unpaired) electrons. The van der Waals surface area contributed by atoms with E-state index < -0.39 is 24.7 Å². The maximum atomic E-state index is 12.9. The van der Waals surface area contributed by atoms with Crippen LogP contribution in [0.1, 0.15) is 42.9 Å². The normalized spacial score (nSPS) is 18.9. The zero-order chi connectivity index (χ0) is 23.4. The highest BCUT2D eigenvalue weighted by Gasteiger charge is 2.29. The van der Waals surface area contributed by atoms with Crippen molar-refractivity contribution < 1.29 is 27.8 Å². The predicted molar refractivity (Wildman–Crippen MR) is 119 cm³/mol. The van der Waals surface area contributed by atoms with Crippen LogP contribution in [0.25, 0.3) is 0 Å². The van der Waals surface area contributed by atoms with E-state index in [1.165, 1.54) is 18.5 Å². The van der Waals surface area contributed by atoms with Crippen LogP contribution in [0.15, 0.2) is 30.6 Å². The lowest BCUT2D eigenvalue weighted by Crippen LogP contribution is -2.33. The van der Waals surface area contributed by atoms with Gasteiger partial charge in [0.05, 0.1) is 16.7 Å². The summed E-state index contributed by atoms with van der Waals surface area (Å²) in [4.78, 5) is 16.8. The monoisotopic (exact) mass is 500 g/mol. The van der Waals surface area contributed by atoms with Gasteiger partial charge < -0.3 is 19.5 Å². The van der Waals surface area contributed by atoms with Gasteiger partial charge in [0.1, 0.15) is 12.1 Å². The molecule has 1 saturated carbocycles. The highest BCUT2D eigenvalue weighted by atomic mass is 35.5. The van der Waals surface area contributed by atoms with E-state index in [0.29, 0.717) is 40.1 Å². The number of benzene rings is 1. The number of pyridine rings is 1. The number of nitrogens with one attached hydrogen (secondary N) is 1. The van der Waals surface area contributed by atoms with Crippen LogP contribution in [0, 0.1) is 5.92 Å². The Hall–Kier alpha value is -2.16. The van der Waals surface area contributed by atoms with Crippen LogP contribution in [0.3, 0.4) is 0 Å². The van der Waals surface area contributed by atoms with Crippen molar-refractivity contribution in [1.29, 1.82) is 0 Å². The molecule has 1 aromatic carbocycles. The molecule has 2 aliphatic rings. The lowest BCUT2D eigenvalue weighted by Gasteiger charge is -2.23. The molecule has 1 saturated heterocycles. The van der Waals surface area contributed by atoms with Crippen molar-refractivity contribution >= 4 is 29.2 Å². The highest BCUT2D eigenvalue weighted by Crippen LogP contribution is 2.38. The summed E-state index contributed by atoms with van der Waals surface area (Å²) in [6.07, 6.45) is 5.96. The third-order valence-electron chi connectivity index (χ3n) is 5.67. The van der Waals surface area contributed by atoms with Gasteiger partial charge in [0.2, 0.25) is 0 Å². The van der Waals surface area contributed by atoms with Gasteiger partial charge in [-0.1, -0.05) is 29.3 Å². The first-order chi connectivity index (χ1) is 15.9. The van der Waals surface area contributed by atoms with Crippen molar-refractivity contribution in [3.63, 3.8) is 0 Å². The Balaban J connectivity index is 1.63. The number of carbonyl (C=O) groups is 1. The number of aromatic nitrogens is 1. The number of rotatable bonds is 10. The van der Waals surface area contributed by atoms with Gasteiger partial charge >= 0.3 is 12.6 Å². The molecular weight excluding hydrogens is 477 g/mol. The first-order valence-corrected chi connectivity index (χ1v) is 11.6. The number of esters is 1. The summed E-state index contributed by atoms with van der Waals surface area (Å²) in [6.45, 7) is -1.84. The summed E-state index contributed by atoms with van der Waals surface area (Å²) in [5.74, 6) is 0.111. The second-order valence-corrected chi connectivity index (χ2v) is 9.01. The van der Waals surface area contributed by atoms with Crippen LogP contribution in [0.4, 0.5) is 8.78 Å². The summed E-state index contributed by atoms with van der Waals surface area (Å²) in [6, 6.07) is 4.14. The Kier molecular flexibility index (Phi) is 7.88. The molecule has 1 aliphatic carbocycles. The van der Waals surface area contributed by atoms with Gasteiger partial charge in [-0.15, -0.1) is 0 Å². The van der Waals surface area contributed by atoms with Gasteiger partial charge in [0, 0.05) is 18.8 Å². The maximum Gasteiger partial charge on any atom is 0.387 e. The molecule has 0 amide bonds. The predicted octanol–water partition coefficient (Wildman–Crippen LogP) is 5.36. The van der Waals surface area contributed by atoms with Crippen LogP contribution in [-0.2, 0) is 16.0 Å². The molecule has 10 heteroatoms. The van der Waals surface area contributed by atoms with Gasteiger partial charge in [-0.3, -0.25) is 9.78 Å². The van der Waals surface area contributed by atoms with Crippen LogP contribution in [-0.4, -0.2) is 36.8 Å². The van der Waals surface area contributed by atoms with E-state index >= 15 is 0 Å². The minimum absolute atomic E-state index is 0.0723. The molecule has 1 aliphatic heterocycles. The van der Waals surface area contributed by atoms with Gasteiger partial charge in [0.15, 0.2) is 11.5 Å². The number of hydrogen-bond acceptors (Lipinski definition) is 6. The second-order valence-electron chi connectivity index (χ2n) is 8.20. The van der Waals surface area contributed by atoms with Crippen LogP contribution in [0.2, 0.25) is 10.0 Å². The Labute approximate surface area is 200 Å². The van der Waals surface area contributed by atoms with Gasteiger partial charge in [-0.25, -0.2) is 0 Å². The quantitative estimate of drug-likeness (QED) is 0.443. The second kappa shape index (κ2) is 10.8. The largest absolute Gasteiger partial charge is 0.489 e. The summed E-state index contributed by atoms with van der Waals surface area (Å²) < 4.78 is 42.1. The molecule has 1 aromatic heterocycles. The molecular formula is C23H24Cl2F2N2O4. The number of ether oxygens (including phenoxy) is 3. The van der Waals surface area contributed by atoms with Crippen molar-refractivity contribution in [3.8, 4) is 11.5 Å². The van der Waals surface area contributed by atoms with E-state index in [0.717, 1.165) is 25.8 Å². The molecule has 6 nitrogen and oxygen atoms in total. The van der Waals surface area contributed by atoms with Crippen LogP contribution < -0.4 is 14.8 Å². The molecule has 2 atom stereocenters. The molecule has 2 aromatic rings. The number of hydrogen-bond donors (Lipinski definition) is 1. The standard InChI is InChI=1S/C23H24Cl2F2N2O4/c24-16-10-28-11-17(25)15(16)9-20(32-22(30)18-2-1-7-29-18)14-5-6-19(33-23(26)27)21(8-14)31-12-13-3-4-13/h5-6,8,10-11,13,18,20,23,29H,1-4,7,9,12H2. The van der Waals surface area contributed by atoms with E-state index in [1.807, 2.05) is 0 Å². The van der Waals surface area contributed by atoms with Crippen molar-refractivity contribution in [2.75, 3.05) is 13.2 Å². The van der Waals surface area contributed by atoms with Crippen molar-refractivity contribution in [1.82, 2.24) is 10.3 Å². The fraction of sp³-hybridized carbons (Fsp3) is 0.478. The summed E-state index contributed by atoms with van der Waals surface area (Å²) in [7, 11) is 0. The lowest BCUT2D eigenvalue weighted by molar-refractivity contribution is -0.151. The minimum Gasteiger partial charge on any atom is -0.489 e. The zero-order valence-electron chi connectivity index (χ0n) is 17.7. The molecule has 0 spiro atoms. The highest BCUT2D eigenvalue weighted by molar-refractivity contribution is 6.35. The Morgan fingerprint density at radius 2 is 1.91 bits per heavy atom. The fourth-order valence-electron chi connectivity index (χ4n) is 3.68. The first kappa shape index (κ1) is 24.0. The Bertz CT molecular complexity index is 965. The molecule has 4 rings (SSSR count). The molecule has 178 valence electrons. The van der Waals surface area contributed by atoms with Crippen molar-refractivity contribution in [2.24, 2.45) is 5.92 Å². The van der Waals surface area contributed by atoms with Crippen LogP contribution >= 0.6 is 23.2 Å². The van der Waals surface area contributed by atoms with E-state index in [9.17, 15) is 13.6 Å². The SMILES string of the molecule is O=C(OC(Cc1c(Cl)cncc1Cl)c1ccc(OC(F)F)c(OCC2CC2)c1)C1CCCN1. The molecule has 1 N–H and O–H groups in total. The molecule has 0 bridgehead atoms. The van der Waals surface area contributed by atoms with Crippen LogP contribution in [0.5, 0.6) is 11.5 Å². The fourth-order valence-corrected chi connectivity index (χ4v) is 4.20. The molecule has 2 fully saturated rings. The zero-order valence-corrected chi connectivity index (χ0v) is 19.2. The Morgan fingerprint density at radius 3 is 2.55 bits per heavy atom. The van der Waals surface area contributed by atoms with Crippen molar-refractivity contribution in [2.45, 2.75) is 50.9 Å². The smallest absolute Gasteiger partial charge is 0.387 e. The first-order valence-electron chi connectivity index (χ1n) is 10.8. The third-order valence-corrected chi connectivity index (χ3v) is 6.32. The van der Waals surface area contributed by atoms with E-state index in [4.69, 9.17) is 32.7 Å². The topological polar surface area (TPSA) is 69.7 Å². The average molecular weight is 501 g/mol. The lowest BCUT2D eigenvalue weighted by atomic mass is 10.0. The van der Waals surface area contributed by atoms with Gasteiger partial charge in [0.25, 0.3) is 0 Å². The third kappa shape index (κ3) is 6.46.